The van der Waals surface area contributed by atoms with Crippen molar-refractivity contribution in [2.45, 2.75) is 13.8 Å². The van der Waals surface area contributed by atoms with Crippen LogP contribution in [0.3, 0.4) is 0 Å². The van der Waals surface area contributed by atoms with Crippen molar-refractivity contribution in [1.29, 1.82) is 5.26 Å². The number of aromatic nitrogens is 1. The van der Waals surface area contributed by atoms with Gasteiger partial charge in [0, 0.05) is 28.8 Å². The van der Waals surface area contributed by atoms with Crippen molar-refractivity contribution in [3.63, 3.8) is 0 Å². The number of aryl methyl sites for hydroxylation is 1. The van der Waals surface area contributed by atoms with E-state index < -0.39 is 10.8 Å². The van der Waals surface area contributed by atoms with E-state index in [0.717, 1.165) is 11.4 Å². The van der Waals surface area contributed by atoms with Crippen LogP contribution in [-0.4, -0.2) is 15.4 Å². The number of para-hydroxylation sites is 1. The zero-order valence-electron chi connectivity index (χ0n) is 16.2. The number of anilines is 1. The van der Waals surface area contributed by atoms with Gasteiger partial charge in [0.2, 0.25) is 0 Å². The van der Waals surface area contributed by atoms with Gasteiger partial charge in [-0.25, -0.2) is 0 Å². The Balaban J connectivity index is 1.96. The molecule has 0 aliphatic carbocycles. The third-order valence-corrected chi connectivity index (χ3v) is 4.86. The number of hydrogen-bond acceptors (Lipinski definition) is 4. The number of nitriles is 1. The molecule has 0 saturated carbocycles. The summed E-state index contributed by atoms with van der Waals surface area (Å²) in [5, 5.41) is 23.2. The third-order valence-electron chi connectivity index (χ3n) is 4.55. The number of nitro benzene ring substituents is 1. The number of benzene rings is 2. The van der Waals surface area contributed by atoms with Crippen molar-refractivity contribution in [3.05, 3.63) is 92.3 Å². The van der Waals surface area contributed by atoms with Crippen LogP contribution in [0.5, 0.6) is 0 Å². The Morgan fingerprint density at radius 1 is 1.20 bits per heavy atom. The molecule has 1 amide bonds. The Bertz CT molecular complexity index is 1210. The highest BCUT2D eigenvalue weighted by Gasteiger charge is 2.17. The molecule has 30 heavy (non-hydrogen) atoms. The van der Waals surface area contributed by atoms with Gasteiger partial charge in [0.05, 0.1) is 4.92 Å². The van der Waals surface area contributed by atoms with E-state index in [1.54, 1.807) is 30.3 Å². The lowest BCUT2D eigenvalue weighted by Crippen LogP contribution is -2.13. The Labute approximate surface area is 178 Å². The van der Waals surface area contributed by atoms with Gasteiger partial charge in [-0.2, -0.15) is 5.26 Å². The summed E-state index contributed by atoms with van der Waals surface area (Å²) in [6, 6.07) is 17.1. The van der Waals surface area contributed by atoms with E-state index in [9.17, 15) is 20.2 Å². The number of nitrogens with zero attached hydrogens (tertiary/aromatic N) is 3. The molecule has 0 atom stereocenters. The van der Waals surface area contributed by atoms with Gasteiger partial charge in [-0.3, -0.25) is 14.9 Å². The van der Waals surface area contributed by atoms with Crippen LogP contribution < -0.4 is 5.32 Å². The highest BCUT2D eigenvalue weighted by Crippen LogP contribution is 2.29. The molecule has 8 heteroatoms. The standard InChI is InChI=1S/C22H17ClN4O3/c1-14-10-16(11-17(13-24)22(28)25-18-6-4-3-5-7-18)15(2)26(14)19-8-9-21(27(29)30)20(23)12-19/h3-12H,1-2H3,(H,25,28)/b17-11-. The van der Waals surface area contributed by atoms with Crippen LogP contribution in [0, 0.1) is 35.3 Å². The van der Waals surface area contributed by atoms with E-state index in [-0.39, 0.29) is 16.3 Å². The second-order valence-corrected chi connectivity index (χ2v) is 6.95. The molecule has 0 aliphatic heterocycles. The smallest absolute Gasteiger partial charge is 0.288 e. The summed E-state index contributed by atoms with van der Waals surface area (Å²) in [5.41, 5.74) is 3.29. The summed E-state index contributed by atoms with van der Waals surface area (Å²) in [4.78, 5) is 22.9. The Morgan fingerprint density at radius 3 is 2.50 bits per heavy atom. The molecule has 1 heterocycles. The summed E-state index contributed by atoms with van der Waals surface area (Å²) in [5.74, 6) is -0.508. The summed E-state index contributed by atoms with van der Waals surface area (Å²) in [7, 11) is 0. The first-order valence-electron chi connectivity index (χ1n) is 8.93. The normalized spacial score (nSPS) is 11.1. The molecule has 1 N–H and O–H groups in total. The molecular formula is C22H17ClN4O3. The highest BCUT2D eigenvalue weighted by atomic mass is 35.5. The maximum absolute atomic E-state index is 12.5. The molecule has 1 aromatic heterocycles. The summed E-state index contributed by atoms with van der Waals surface area (Å²) in [6.07, 6.45) is 1.52. The number of amides is 1. The number of halogens is 1. The maximum Gasteiger partial charge on any atom is 0.288 e. The van der Waals surface area contributed by atoms with Gasteiger partial charge < -0.3 is 9.88 Å². The minimum absolute atomic E-state index is 0.0297. The van der Waals surface area contributed by atoms with Gasteiger partial charge in [0.15, 0.2) is 0 Å². The topological polar surface area (TPSA) is 101 Å². The maximum atomic E-state index is 12.5. The van der Waals surface area contributed by atoms with Crippen molar-refractivity contribution in [3.8, 4) is 11.8 Å². The van der Waals surface area contributed by atoms with Crippen molar-refractivity contribution in [1.82, 2.24) is 4.57 Å². The van der Waals surface area contributed by atoms with E-state index in [0.29, 0.717) is 16.9 Å². The van der Waals surface area contributed by atoms with Crippen molar-refractivity contribution < 1.29 is 9.72 Å². The summed E-state index contributed by atoms with van der Waals surface area (Å²) >= 11 is 6.05. The Hall–Kier alpha value is -3.89. The van der Waals surface area contributed by atoms with Crippen LogP contribution in [0.25, 0.3) is 11.8 Å². The first-order valence-corrected chi connectivity index (χ1v) is 9.31. The van der Waals surface area contributed by atoms with E-state index in [4.69, 9.17) is 11.6 Å². The fourth-order valence-corrected chi connectivity index (χ4v) is 3.38. The van der Waals surface area contributed by atoms with Crippen LogP contribution in [0.4, 0.5) is 11.4 Å². The first kappa shape index (κ1) is 20.8. The van der Waals surface area contributed by atoms with Gasteiger partial charge >= 0.3 is 0 Å². The Morgan fingerprint density at radius 2 is 1.90 bits per heavy atom. The van der Waals surface area contributed by atoms with Gasteiger partial charge in [0.1, 0.15) is 16.7 Å². The molecule has 0 radical (unpaired) electrons. The molecule has 3 rings (SSSR count). The Kier molecular flexibility index (Phi) is 6.00. The zero-order valence-corrected chi connectivity index (χ0v) is 17.0. The van der Waals surface area contributed by atoms with E-state index in [1.165, 1.54) is 18.2 Å². The van der Waals surface area contributed by atoms with Gasteiger partial charge in [-0.1, -0.05) is 29.8 Å². The molecule has 0 bridgehead atoms. The number of nitrogens with one attached hydrogen (secondary N) is 1. The number of hydrogen-bond donors (Lipinski definition) is 1. The number of nitro groups is 1. The quantitative estimate of drug-likeness (QED) is 0.265. The lowest BCUT2D eigenvalue weighted by Gasteiger charge is -2.10. The summed E-state index contributed by atoms with van der Waals surface area (Å²) < 4.78 is 1.85. The molecule has 2 aromatic carbocycles. The molecule has 3 aromatic rings. The van der Waals surface area contributed by atoms with Crippen molar-refractivity contribution >= 4 is 35.0 Å². The SMILES string of the molecule is Cc1cc(/C=C(/C#N)C(=O)Nc2ccccc2)c(C)n1-c1ccc([N+](=O)[O-])c(Cl)c1. The van der Waals surface area contributed by atoms with Crippen LogP contribution >= 0.6 is 11.6 Å². The third kappa shape index (κ3) is 4.24. The van der Waals surface area contributed by atoms with Crippen LogP contribution in [0.2, 0.25) is 5.02 Å². The minimum atomic E-state index is -0.541. The first-order chi connectivity index (χ1) is 14.3. The molecule has 0 unspecified atom stereocenters. The monoisotopic (exact) mass is 420 g/mol. The highest BCUT2D eigenvalue weighted by molar-refractivity contribution is 6.32. The zero-order chi connectivity index (χ0) is 21.8. The average Bonchev–Trinajstić information content (AvgIpc) is 2.99. The predicted molar refractivity (Wildman–Crippen MR) is 116 cm³/mol. The van der Waals surface area contributed by atoms with Crippen LogP contribution in [0.15, 0.2) is 60.2 Å². The predicted octanol–water partition coefficient (Wildman–Crippen LogP) is 5.20. The van der Waals surface area contributed by atoms with E-state index >= 15 is 0 Å². The number of carbonyl (C=O) groups excluding carboxylic acids is 1. The largest absolute Gasteiger partial charge is 0.321 e. The fraction of sp³-hybridized carbons (Fsp3) is 0.0909. The fourth-order valence-electron chi connectivity index (χ4n) is 3.14. The molecule has 150 valence electrons. The number of carbonyl (C=O) groups is 1. The second-order valence-electron chi connectivity index (χ2n) is 6.54. The second kappa shape index (κ2) is 8.64. The molecule has 0 aliphatic rings. The van der Waals surface area contributed by atoms with Gasteiger partial charge in [0.25, 0.3) is 11.6 Å². The molecule has 0 saturated heterocycles. The molecule has 7 nitrogen and oxygen atoms in total. The molecular weight excluding hydrogens is 404 g/mol. The van der Waals surface area contributed by atoms with E-state index in [2.05, 4.69) is 5.32 Å². The minimum Gasteiger partial charge on any atom is -0.321 e. The molecule has 0 fully saturated rings. The molecule has 0 spiro atoms. The lowest BCUT2D eigenvalue weighted by atomic mass is 10.1. The van der Waals surface area contributed by atoms with E-state index in [1.807, 2.05) is 36.6 Å². The summed E-state index contributed by atoms with van der Waals surface area (Å²) in [6.45, 7) is 3.69. The number of rotatable bonds is 5. The van der Waals surface area contributed by atoms with Gasteiger partial charge in [-0.05, 0) is 55.8 Å². The lowest BCUT2D eigenvalue weighted by molar-refractivity contribution is -0.384. The van der Waals surface area contributed by atoms with Crippen LogP contribution in [0.1, 0.15) is 17.0 Å². The van der Waals surface area contributed by atoms with Crippen molar-refractivity contribution in [2.75, 3.05) is 5.32 Å². The average molecular weight is 421 g/mol. The van der Waals surface area contributed by atoms with Crippen molar-refractivity contribution in [2.24, 2.45) is 0 Å². The van der Waals surface area contributed by atoms with Crippen LogP contribution in [-0.2, 0) is 4.79 Å². The van der Waals surface area contributed by atoms with Gasteiger partial charge in [-0.15, -0.1) is 0 Å².